The Morgan fingerprint density at radius 3 is 2.44 bits per heavy atom. The van der Waals surface area contributed by atoms with E-state index in [-0.39, 0.29) is 10.4 Å². The first kappa shape index (κ1) is 13.1. The van der Waals surface area contributed by atoms with Gasteiger partial charge in [0.25, 0.3) is 5.91 Å². The van der Waals surface area contributed by atoms with Crippen molar-refractivity contribution in [3.05, 3.63) is 63.3 Å². The highest BCUT2D eigenvalue weighted by Crippen LogP contribution is 2.18. The summed E-state index contributed by atoms with van der Waals surface area (Å²) in [7, 11) is 0. The molecule has 5 heteroatoms. The smallest absolute Gasteiger partial charge is 0.255 e. The molecule has 18 heavy (non-hydrogen) atoms. The summed E-state index contributed by atoms with van der Waals surface area (Å²) in [6.45, 7) is 0. The van der Waals surface area contributed by atoms with Crippen molar-refractivity contribution >= 4 is 39.1 Å². The van der Waals surface area contributed by atoms with E-state index in [0.717, 1.165) is 0 Å². The zero-order valence-electron chi connectivity index (χ0n) is 9.08. The first-order valence-corrected chi connectivity index (χ1v) is 6.25. The third kappa shape index (κ3) is 3.09. The maximum absolute atomic E-state index is 13.0. The van der Waals surface area contributed by atoms with Crippen LogP contribution in [-0.4, -0.2) is 5.91 Å². The SMILES string of the molecule is O=C(Nc1ccc(Cl)cc1)c1ccc(F)c(Br)c1. The van der Waals surface area contributed by atoms with Crippen LogP contribution in [0.1, 0.15) is 10.4 Å². The molecule has 0 bridgehead atoms. The summed E-state index contributed by atoms with van der Waals surface area (Å²) in [6.07, 6.45) is 0. The Balaban J connectivity index is 2.16. The van der Waals surface area contributed by atoms with Crippen LogP contribution in [0.3, 0.4) is 0 Å². The number of rotatable bonds is 2. The second kappa shape index (κ2) is 5.50. The Labute approximate surface area is 117 Å². The van der Waals surface area contributed by atoms with E-state index in [9.17, 15) is 9.18 Å². The van der Waals surface area contributed by atoms with E-state index in [2.05, 4.69) is 21.2 Å². The monoisotopic (exact) mass is 327 g/mol. The van der Waals surface area contributed by atoms with Crippen LogP contribution in [0.4, 0.5) is 10.1 Å². The van der Waals surface area contributed by atoms with Gasteiger partial charge in [0.2, 0.25) is 0 Å². The average Bonchev–Trinajstić information content (AvgIpc) is 2.35. The molecule has 2 aromatic carbocycles. The molecule has 0 atom stereocenters. The minimum atomic E-state index is -0.405. The predicted molar refractivity (Wildman–Crippen MR) is 73.5 cm³/mol. The van der Waals surface area contributed by atoms with Crippen molar-refractivity contribution in [3.8, 4) is 0 Å². The summed E-state index contributed by atoms with van der Waals surface area (Å²) < 4.78 is 13.3. The molecule has 2 rings (SSSR count). The number of anilines is 1. The predicted octanol–water partition coefficient (Wildman–Crippen LogP) is 4.49. The molecule has 0 aliphatic rings. The third-order valence-electron chi connectivity index (χ3n) is 2.28. The van der Waals surface area contributed by atoms with Crippen molar-refractivity contribution < 1.29 is 9.18 Å². The lowest BCUT2D eigenvalue weighted by molar-refractivity contribution is 0.102. The molecule has 1 amide bonds. The molecule has 92 valence electrons. The number of hydrogen-bond donors (Lipinski definition) is 1. The Morgan fingerprint density at radius 2 is 1.83 bits per heavy atom. The summed E-state index contributed by atoms with van der Waals surface area (Å²) in [5.74, 6) is -0.712. The summed E-state index contributed by atoms with van der Waals surface area (Å²) in [5.41, 5.74) is 1.00. The largest absolute Gasteiger partial charge is 0.322 e. The first-order valence-electron chi connectivity index (χ1n) is 5.08. The Morgan fingerprint density at radius 1 is 1.17 bits per heavy atom. The van der Waals surface area contributed by atoms with Crippen LogP contribution < -0.4 is 5.32 Å². The van der Waals surface area contributed by atoms with Gasteiger partial charge in [-0.1, -0.05) is 11.6 Å². The molecule has 0 aromatic heterocycles. The average molecular weight is 329 g/mol. The van der Waals surface area contributed by atoms with Gasteiger partial charge in [-0.3, -0.25) is 4.79 Å². The van der Waals surface area contributed by atoms with Gasteiger partial charge in [-0.25, -0.2) is 4.39 Å². The summed E-state index contributed by atoms with van der Waals surface area (Å²) in [6, 6.07) is 10.8. The van der Waals surface area contributed by atoms with Gasteiger partial charge in [0.1, 0.15) is 5.82 Å². The van der Waals surface area contributed by atoms with Crippen molar-refractivity contribution in [3.63, 3.8) is 0 Å². The quantitative estimate of drug-likeness (QED) is 0.864. The van der Waals surface area contributed by atoms with Gasteiger partial charge < -0.3 is 5.32 Å². The van der Waals surface area contributed by atoms with E-state index in [0.29, 0.717) is 16.3 Å². The van der Waals surface area contributed by atoms with Crippen molar-refractivity contribution in [2.75, 3.05) is 5.32 Å². The van der Waals surface area contributed by atoms with Gasteiger partial charge in [-0.15, -0.1) is 0 Å². The van der Waals surface area contributed by atoms with Crippen LogP contribution >= 0.6 is 27.5 Å². The third-order valence-corrected chi connectivity index (χ3v) is 3.14. The highest BCUT2D eigenvalue weighted by atomic mass is 79.9. The number of amides is 1. The molecule has 0 unspecified atom stereocenters. The van der Waals surface area contributed by atoms with E-state index in [1.165, 1.54) is 18.2 Å². The number of benzene rings is 2. The van der Waals surface area contributed by atoms with Crippen LogP contribution in [0.15, 0.2) is 46.9 Å². The number of carbonyl (C=O) groups is 1. The van der Waals surface area contributed by atoms with Crippen molar-refractivity contribution in [1.29, 1.82) is 0 Å². The molecule has 0 spiro atoms. The van der Waals surface area contributed by atoms with Crippen LogP contribution in [0, 0.1) is 5.82 Å². The molecular formula is C13H8BrClFNO. The topological polar surface area (TPSA) is 29.1 Å². The lowest BCUT2D eigenvalue weighted by atomic mass is 10.2. The molecule has 0 saturated heterocycles. The maximum atomic E-state index is 13.0. The molecule has 2 aromatic rings. The van der Waals surface area contributed by atoms with Crippen molar-refractivity contribution in [2.24, 2.45) is 0 Å². The zero-order valence-corrected chi connectivity index (χ0v) is 11.4. The summed E-state index contributed by atoms with van der Waals surface area (Å²) in [5, 5.41) is 3.29. The molecule has 0 saturated carbocycles. The molecular weight excluding hydrogens is 321 g/mol. The van der Waals surface area contributed by atoms with Gasteiger partial charge in [-0.2, -0.15) is 0 Å². The van der Waals surface area contributed by atoms with Gasteiger partial charge >= 0.3 is 0 Å². The van der Waals surface area contributed by atoms with Crippen LogP contribution in [0.5, 0.6) is 0 Å². The Kier molecular flexibility index (Phi) is 3.99. The molecule has 2 nitrogen and oxygen atoms in total. The fraction of sp³-hybridized carbons (Fsp3) is 0. The van der Waals surface area contributed by atoms with E-state index in [1.807, 2.05) is 0 Å². The fourth-order valence-electron chi connectivity index (χ4n) is 1.37. The van der Waals surface area contributed by atoms with Crippen molar-refractivity contribution in [1.82, 2.24) is 0 Å². The van der Waals surface area contributed by atoms with E-state index >= 15 is 0 Å². The fourth-order valence-corrected chi connectivity index (χ4v) is 1.88. The van der Waals surface area contributed by atoms with Crippen LogP contribution in [-0.2, 0) is 0 Å². The lowest BCUT2D eigenvalue weighted by Gasteiger charge is -2.06. The van der Waals surface area contributed by atoms with Gasteiger partial charge in [0.05, 0.1) is 4.47 Å². The van der Waals surface area contributed by atoms with E-state index < -0.39 is 5.82 Å². The van der Waals surface area contributed by atoms with Crippen LogP contribution in [0.25, 0.3) is 0 Å². The second-order valence-corrected chi connectivity index (χ2v) is 4.88. The highest BCUT2D eigenvalue weighted by Gasteiger charge is 2.08. The molecule has 1 N–H and O–H groups in total. The van der Waals surface area contributed by atoms with Crippen LogP contribution in [0.2, 0.25) is 5.02 Å². The zero-order chi connectivity index (χ0) is 13.1. The molecule has 0 radical (unpaired) electrons. The van der Waals surface area contributed by atoms with E-state index in [4.69, 9.17) is 11.6 Å². The molecule has 0 aliphatic heterocycles. The highest BCUT2D eigenvalue weighted by molar-refractivity contribution is 9.10. The lowest BCUT2D eigenvalue weighted by Crippen LogP contribution is -2.11. The Hall–Kier alpha value is -1.39. The summed E-state index contributed by atoms with van der Waals surface area (Å²) in [4.78, 5) is 11.9. The minimum Gasteiger partial charge on any atom is -0.322 e. The molecule has 0 fully saturated rings. The second-order valence-electron chi connectivity index (χ2n) is 3.59. The van der Waals surface area contributed by atoms with Gasteiger partial charge in [-0.05, 0) is 58.4 Å². The van der Waals surface area contributed by atoms with Gasteiger partial charge in [0.15, 0.2) is 0 Å². The number of nitrogens with one attached hydrogen (secondary N) is 1. The molecule has 0 heterocycles. The Bertz CT molecular complexity index is 586. The van der Waals surface area contributed by atoms with E-state index in [1.54, 1.807) is 24.3 Å². The number of carbonyl (C=O) groups excluding carboxylic acids is 1. The maximum Gasteiger partial charge on any atom is 0.255 e. The summed E-state index contributed by atoms with van der Waals surface area (Å²) >= 11 is 8.78. The molecule has 0 aliphatic carbocycles. The number of halogens is 3. The first-order chi connectivity index (χ1) is 8.56. The standard InChI is InChI=1S/C13H8BrClFNO/c14-11-7-8(1-6-12(11)16)13(18)17-10-4-2-9(15)3-5-10/h1-7H,(H,17,18). The number of hydrogen-bond acceptors (Lipinski definition) is 1. The minimum absolute atomic E-state index is 0.256. The van der Waals surface area contributed by atoms with Crippen molar-refractivity contribution in [2.45, 2.75) is 0 Å². The normalized spacial score (nSPS) is 10.2. The van der Waals surface area contributed by atoms with Gasteiger partial charge in [0, 0.05) is 16.3 Å².